The summed E-state index contributed by atoms with van der Waals surface area (Å²) in [6, 6.07) is 8.01. The van der Waals surface area contributed by atoms with Gasteiger partial charge in [0, 0.05) is 10.7 Å². The molecule has 108 valence electrons. The molecular weight excluding hydrogens is 297 g/mol. The fourth-order valence-electron chi connectivity index (χ4n) is 1.80. The molecule has 2 aromatic carbocycles. The first-order valence-corrected chi connectivity index (χ1v) is 6.36. The zero-order valence-electron chi connectivity index (χ0n) is 11.0. The van der Waals surface area contributed by atoms with Gasteiger partial charge in [0.05, 0.1) is 11.1 Å². The zero-order chi connectivity index (χ0) is 15.6. The van der Waals surface area contributed by atoms with Crippen molar-refractivity contribution in [1.29, 1.82) is 0 Å². The highest BCUT2D eigenvalue weighted by molar-refractivity contribution is 6.30. The highest BCUT2D eigenvalue weighted by Gasteiger charge is 2.14. The van der Waals surface area contributed by atoms with Crippen molar-refractivity contribution in [3.63, 3.8) is 0 Å². The monoisotopic (exact) mass is 307 g/mol. The maximum Gasteiger partial charge on any atom is 0.335 e. The highest BCUT2D eigenvalue weighted by atomic mass is 35.5. The van der Waals surface area contributed by atoms with Gasteiger partial charge < -0.3 is 10.4 Å². The van der Waals surface area contributed by atoms with Crippen molar-refractivity contribution in [1.82, 2.24) is 0 Å². The standard InChI is InChI=1S/C15H11ClFNO3/c1-8-6-9(15(20)21)2-5-13(8)18-14(19)11-4-3-10(16)7-12(11)17/h2-7H,1H3,(H,18,19)(H,20,21). The van der Waals surface area contributed by atoms with E-state index < -0.39 is 17.7 Å². The van der Waals surface area contributed by atoms with E-state index >= 15 is 0 Å². The van der Waals surface area contributed by atoms with Gasteiger partial charge in [-0.2, -0.15) is 0 Å². The molecule has 1 amide bonds. The summed E-state index contributed by atoms with van der Waals surface area (Å²) in [6.45, 7) is 1.65. The molecule has 4 nitrogen and oxygen atoms in total. The molecule has 0 aliphatic carbocycles. The topological polar surface area (TPSA) is 66.4 Å². The van der Waals surface area contributed by atoms with Crippen LogP contribution in [0.5, 0.6) is 0 Å². The van der Waals surface area contributed by atoms with Crippen molar-refractivity contribution in [2.75, 3.05) is 5.32 Å². The van der Waals surface area contributed by atoms with Crippen LogP contribution in [0.4, 0.5) is 10.1 Å². The number of benzene rings is 2. The van der Waals surface area contributed by atoms with Crippen molar-refractivity contribution in [3.8, 4) is 0 Å². The van der Waals surface area contributed by atoms with Crippen LogP contribution in [0, 0.1) is 12.7 Å². The normalized spacial score (nSPS) is 10.2. The van der Waals surface area contributed by atoms with Crippen LogP contribution in [-0.2, 0) is 0 Å². The van der Waals surface area contributed by atoms with Crippen molar-refractivity contribution in [3.05, 3.63) is 63.9 Å². The molecule has 0 aromatic heterocycles. The Labute approximate surface area is 125 Å². The number of nitrogens with one attached hydrogen (secondary N) is 1. The number of carboxylic acid groups (broad SMARTS) is 1. The molecule has 0 radical (unpaired) electrons. The number of hydrogen-bond donors (Lipinski definition) is 2. The van der Waals surface area contributed by atoms with Gasteiger partial charge in [-0.15, -0.1) is 0 Å². The number of aryl methyl sites for hydroxylation is 1. The lowest BCUT2D eigenvalue weighted by molar-refractivity contribution is 0.0696. The second-order valence-electron chi connectivity index (χ2n) is 4.41. The van der Waals surface area contributed by atoms with E-state index in [1.807, 2.05) is 0 Å². The van der Waals surface area contributed by atoms with Gasteiger partial charge in [-0.3, -0.25) is 4.79 Å². The van der Waals surface area contributed by atoms with Crippen LogP contribution in [0.25, 0.3) is 0 Å². The SMILES string of the molecule is Cc1cc(C(=O)O)ccc1NC(=O)c1ccc(Cl)cc1F. The number of carbonyl (C=O) groups excluding carboxylic acids is 1. The molecule has 6 heteroatoms. The Hall–Kier alpha value is -2.40. The third-order valence-electron chi connectivity index (χ3n) is 2.90. The lowest BCUT2D eigenvalue weighted by Crippen LogP contribution is -2.14. The molecule has 2 aromatic rings. The highest BCUT2D eigenvalue weighted by Crippen LogP contribution is 2.20. The summed E-state index contributed by atoms with van der Waals surface area (Å²) in [5, 5.41) is 11.6. The number of rotatable bonds is 3. The van der Waals surface area contributed by atoms with Gasteiger partial charge in [0.25, 0.3) is 5.91 Å². The molecular formula is C15H11ClFNO3. The lowest BCUT2D eigenvalue weighted by Gasteiger charge is -2.10. The first-order valence-electron chi connectivity index (χ1n) is 5.99. The molecule has 21 heavy (non-hydrogen) atoms. The van der Waals surface area contributed by atoms with Crippen molar-refractivity contribution in [2.45, 2.75) is 6.92 Å². The number of carbonyl (C=O) groups is 2. The zero-order valence-corrected chi connectivity index (χ0v) is 11.7. The molecule has 0 aliphatic rings. The van der Waals surface area contributed by atoms with Gasteiger partial charge in [-0.05, 0) is 48.9 Å². The van der Waals surface area contributed by atoms with Crippen LogP contribution in [0.3, 0.4) is 0 Å². The third kappa shape index (κ3) is 3.38. The first-order chi connectivity index (χ1) is 9.88. The van der Waals surface area contributed by atoms with Crippen LogP contribution >= 0.6 is 11.6 Å². The number of anilines is 1. The number of aromatic carboxylic acids is 1. The van der Waals surface area contributed by atoms with Crippen molar-refractivity contribution in [2.24, 2.45) is 0 Å². The number of halogens is 2. The molecule has 0 saturated carbocycles. The Bertz CT molecular complexity index is 731. The quantitative estimate of drug-likeness (QED) is 0.907. The van der Waals surface area contributed by atoms with E-state index in [0.29, 0.717) is 11.3 Å². The summed E-state index contributed by atoms with van der Waals surface area (Å²) in [5.41, 5.74) is 0.959. The molecule has 0 fully saturated rings. The number of amides is 1. The molecule has 0 heterocycles. The van der Waals surface area contributed by atoms with E-state index in [1.165, 1.54) is 30.3 Å². The maximum atomic E-state index is 13.7. The summed E-state index contributed by atoms with van der Waals surface area (Å²) in [4.78, 5) is 22.8. The third-order valence-corrected chi connectivity index (χ3v) is 3.13. The van der Waals surface area contributed by atoms with E-state index in [-0.39, 0.29) is 16.1 Å². The summed E-state index contributed by atoms with van der Waals surface area (Å²) < 4.78 is 13.7. The Balaban J connectivity index is 2.25. The fraction of sp³-hybridized carbons (Fsp3) is 0.0667. The van der Waals surface area contributed by atoms with Crippen molar-refractivity contribution >= 4 is 29.2 Å². The van der Waals surface area contributed by atoms with Crippen LogP contribution < -0.4 is 5.32 Å². The molecule has 2 N–H and O–H groups in total. The van der Waals surface area contributed by atoms with Crippen LogP contribution in [0.1, 0.15) is 26.3 Å². The van der Waals surface area contributed by atoms with E-state index in [1.54, 1.807) is 6.92 Å². The van der Waals surface area contributed by atoms with Gasteiger partial charge in [0.15, 0.2) is 0 Å². The van der Waals surface area contributed by atoms with E-state index in [2.05, 4.69) is 5.32 Å². The molecule has 0 atom stereocenters. The number of carboxylic acids is 1. The summed E-state index contributed by atoms with van der Waals surface area (Å²) >= 11 is 5.63. The largest absolute Gasteiger partial charge is 0.478 e. The Morgan fingerprint density at radius 1 is 1.19 bits per heavy atom. The second kappa shape index (κ2) is 5.93. The smallest absolute Gasteiger partial charge is 0.335 e. The molecule has 2 rings (SSSR count). The van der Waals surface area contributed by atoms with Crippen LogP contribution in [0.2, 0.25) is 5.02 Å². The fourth-order valence-corrected chi connectivity index (χ4v) is 1.96. The minimum Gasteiger partial charge on any atom is -0.478 e. The number of hydrogen-bond acceptors (Lipinski definition) is 2. The summed E-state index contributed by atoms with van der Waals surface area (Å²) in [6.07, 6.45) is 0. The first kappa shape index (κ1) is 15.0. The average Bonchev–Trinajstić information content (AvgIpc) is 2.40. The van der Waals surface area contributed by atoms with Crippen molar-refractivity contribution < 1.29 is 19.1 Å². The van der Waals surface area contributed by atoms with Crippen LogP contribution in [0.15, 0.2) is 36.4 Å². The minimum atomic E-state index is -1.06. The van der Waals surface area contributed by atoms with E-state index in [4.69, 9.17) is 16.7 Å². The summed E-state index contributed by atoms with van der Waals surface area (Å²) in [5.74, 6) is -2.41. The minimum absolute atomic E-state index is 0.114. The molecule has 0 aliphatic heterocycles. The Morgan fingerprint density at radius 2 is 1.90 bits per heavy atom. The molecule has 0 spiro atoms. The lowest BCUT2D eigenvalue weighted by atomic mass is 10.1. The van der Waals surface area contributed by atoms with Gasteiger partial charge >= 0.3 is 5.97 Å². The average molecular weight is 308 g/mol. The Kier molecular flexibility index (Phi) is 4.23. The molecule has 0 bridgehead atoms. The van der Waals surface area contributed by atoms with Gasteiger partial charge in [-0.25, -0.2) is 9.18 Å². The van der Waals surface area contributed by atoms with E-state index in [0.717, 1.165) is 6.07 Å². The predicted octanol–water partition coefficient (Wildman–Crippen LogP) is 3.74. The molecule has 0 saturated heterocycles. The maximum absolute atomic E-state index is 13.7. The second-order valence-corrected chi connectivity index (χ2v) is 4.85. The Morgan fingerprint density at radius 3 is 2.48 bits per heavy atom. The van der Waals surface area contributed by atoms with Gasteiger partial charge in [0.1, 0.15) is 5.82 Å². The summed E-state index contributed by atoms with van der Waals surface area (Å²) in [7, 11) is 0. The molecule has 0 unspecified atom stereocenters. The van der Waals surface area contributed by atoms with E-state index in [9.17, 15) is 14.0 Å². The van der Waals surface area contributed by atoms with Gasteiger partial charge in [-0.1, -0.05) is 11.6 Å². The van der Waals surface area contributed by atoms with Crippen LogP contribution in [-0.4, -0.2) is 17.0 Å². The predicted molar refractivity (Wildman–Crippen MR) is 77.5 cm³/mol. The van der Waals surface area contributed by atoms with Gasteiger partial charge in [0.2, 0.25) is 0 Å².